The van der Waals surface area contributed by atoms with Gasteiger partial charge in [-0.15, -0.1) is 0 Å². The molecule has 0 aromatic carbocycles. The third-order valence-electron chi connectivity index (χ3n) is 5.30. The van der Waals surface area contributed by atoms with Crippen molar-refractivity contribution in [3.05, 3.63) is 12.8 Å². The first-order valence-electron chi connectivity index (χ1n) is 8.93. The first kappa shape index (κ1) is 19.5. The van der Waals surface area contributed by atoms with E-state index in [0.29, 0.717) is 11.3 Å². The summed E-state index contributed by atoms with van der Waals surface area (Å²) in [6.07, 6.45) is 15.0. The molecule has 0 radical (unpaired) electrons. The van der Waals surface area contributed by atoms with E-state index >= 15 is 0 Å². The van der Waals surface area contributed by atoms with E-state index < -0.39 is 0 Å². The van der Waals surface area contributed by atoms with Gasteiger partial charge in [-0.1, -0.05) is 92.1 Å². The summed E-state index contributed by atoms with van der Waals surface area (Å²) in [6, 6.07) is 0. The molecule has 120 valence electrons. The summed E-state index contributed by atoms with van der Waals surface area (Å²) in [5.74, 6) is 0.687. The highest BCUT2D eigenvalue weighted by Gasteiger charge is 2.33. The first-order chi connectivity index (χ1) is 9.70. The van der Waals surface area contributed by atoms with Gasteiger partial charge in [0, 0.05) is 0 Å². The number of unbranched alkanes of at least 4 members (excludes halogenated alkanes) is 5. The highest BCUT2D eigenvalue weighted by atomic mass is 16.5. The molecule has 0 aliphatic heterocycles. The van der Waals surface area contributed by atoms with Gasteiger partial charge in [-0.25, -0.2) is 0 Å². The summed E-state index contributed by atoms with van der Waals surface area (Å²) < 4.78 is 5.57. The maximum atomic E-state index is 5.57. The summed E-state index contributed by atoms with van der Waals surface area (Å²) >= 11 is 0. The molecule has 0 bridgehead atoms. The molecule has 0 saturated heterocycles. The van der Waals surface area contributed by atoms with E-state index in [2.05, 4.69) is 34.3 Å². The second kappa shape index (κ2) is 12.3. The van der Waals surface area contributed by atoms with Gasteiger partial charge < -0.3 is 4.74 Å². The van der Waals surface area contributed by atoms with Crippen molar-refractivity contribution < 1.29 is 4.74 Å². The minimum absolute atomic E-state index is 0.465. The van der Waals surface area contributed by atoms with Gasteiger partial charge in [-0.2, -0.15) is 0 Å². The van der Waals surface area contributed by atoms with Crippen LogP contribution in [0.4, 0.5) is 0 Å². The van der Waals surface area contributed by atoms with Gasteiger partial charge in [0.25, 0.3) is 0 Å². The molecule has 0 aromatic rings. The predicted molar refractivity (Wildman–Crippen MR) is 90.9 cm³/mol. The van der Waals surface area contributed by atoms with Crippen molar-refractivity contribution in [2.45, 2.75) is 91.9 Å². The van der Waals surface area contributed by atoms with Crippen LogP contribution in [0.25, 0.3) is 0 Å². The van der Waals surface area contributed by atoms with Gasteiger partial charge in [0.15, 0.2) is 0 Å². The zero-order valence-electron chi connectivity index (χ0n) is 14.5. The monoisotopic (exact) mass is 282 g/mol. The highest BCUT2D eigenvalue weighted by Crippen LogP contribution is 2.41. The molecule has 1 heteroatoms. The fourth-order valence-electron chi connectivity index (χ4n) is 3.54. The molecule has 0 saturated carbocycles. The molecular weight excluding hydrogens is 244 g/mol. The van der Waals surface area contributed by atoms with Crippen molar-refractivity contribution in [1.82, 2.24) is 0 Å². The lowest BCUT2D eigenvalue weighted by molar-refractivity contribution is 0.0567. The highest BCUT2D eigenvalue weighted by molar-refractivity contribution is 4.84. The first-order valence-corrected chi connectivity index (χ1v) is 8.93. The third kappa shape index (κ3) is 6.81. The molecule has 0 aliphatic rings. The molecule has 1 unspecified atom stereocenters. The molecule has 0 rings (SSSR count). The maximum absolute atomic E-state index is 5.57. The van der Waals surface area contributed by atoms with Crippen LogP contribution < -0.4 is 0 Å². The predicted octanol–water partition coefficient (Wildman–Crippen LogP) is 6.73. The van der Waals surface area contributed by atoms with Crippen LogP contribution in [0.5, 0.6) is 0 Å². The van der Waals surface area contributed by atoms with E-state index in [1.54, 1.807) is 6.26 Å². The van der Waals surface area contributed by atoms with E-state index in [9.17, 15) is 0 Å². The van der Waals surface area contributed by atoms with Crippen molar-refractivity contribution in [2.24, 2.45) is 11.3 Å². The Balaban J connectivity index is 4.29. The second-order valence-electron chi connectivity index (χ2n) is 6.18. The Hall–Kier alpha value is -0.460. The zero-order chi connectivity index (χ0) is 15.3. The average Bonchev–Trinajstić information content (AvgIpc) is 2.49. The lowest BCUT2D eigenvalue weighted by atomic mass is 9.68. The minimum atomic E-state index is 0.465. The standard InChI is InChI=1S/C19H38O/c1-6-11-12-13-14-15-16-18(17-20-10-5)19(7-2,8-3)9-4/h10,18H,5-9,11-17H2,1-4H3. The minimum Gasteiger partial charge on any atom is -0.502 e. The number of ether oxygens (including phenoxy) is 1. The van der Waals surface area contributed by atoms with Gasteiger partial charge in [0.05, 0.1) is 12.9 Å². The normalized spacial score (nSPS) is 13.2. The fraction of sp³-hybridized carbons (Fsp3) is 0.895. The number of rotatable bonds is 14. The van der Waals surface area contributed by atoms with E-state index in [0.717, 1.165) is 6.61 Å². The van der Waals surface area contributed by atoms with Gasteiger partial charge in [0.1, 0.15) is 0 Å². The van der Waals surface area contributed by atoms with Gasteiger partial charge in [0.2, 0.25) is 0 Å². The lowest BCUT2D eigenvalue weighted by Crippen LogP contribution is -2.32. The SMILES string of the molecule is C=COCC(CCCCCCCC)C(CC)(CC)CC. The summed E-state index contributed by atoms with van der Waals surface area (Å²) in [6.45, 7) is 13.9. The van der Waals surface area contributed by atoms with Gasteiger partial charge in [-0.05, 0) is 17.8 Å². The Morgan fingerprint density at radius 1 is 0.900 bits per heavy atom. The molecule has 1 atom stereocenters. The van der Waals surface area contributed by atoms with E-state index in [1.165, 1.54) is 64.2 Å². The van der Waals surface area contributed by atoms with Crippen molar-refractivity contribution in [2.75, 3.05) is 6.61 Å². The lowest BCUT2D eigenvalue weighted by Gasteiger charge is -2.39. The molecule has 20 heavy (non-hydrogen) atoms. The Labute approximate surface area is 128 Å². The zero-order valence-corrected chi connectivity index (χ0v) is 14.5. The summed E-state index contributed by atoms with van der Waals surface area (Å²) in [5, 5.41) is 0. The largest absolute Gasteiger partial charge is 0.502 e. The molecule has 0 aromatic heterocycles. The van der Waals surface area contributed by atoms with E-state index in [1.807, 2.05) is 0 Å². The van der Waals surface area contributed by atoms with Crippen LogP contribution in [0.1, 0.15) is 91.9 Å². The van der Waals surface area contributed by atoms with Crippen LogP contribution in [0, 0.1) is 11.3 Å². The van der Waals surface area contributed by atoms with Crippen molar-refractivity contribution in [3.8, 4) is 0 Å². The van der Waals surface area contributed by atoms with Crippen molar-refractivity contribution in [1.29, 1.82) is 0 Å². The molecule has 0 fully saturated rings. The summed E-state index contributed by atoms with van der Waals surface area (Å²) in [5.41, 5.74) is 0.465. The van der Waals surface area contributed by atoms with Crippen molar-refractivity contribution >= 4 is 0 Å². The van der Waals surface area contributed by atoms with Crippen LogP contribution in [-0.2, 0) is 4.74 Å². The van der Waals surface area contributed by atoms with Crippen LogP contribution in [0.15, 0.2) is 12.8 Å². The molecule has 0 amide bonds. The fourth-order valence-corrected chi connectivity index (χ4v) is 3.54. The van der Waals surface area contributed by atoms with Crippen LogP contribution in [0.2, 0.25) is 0 Å². The Bertz CT molecular complexity index is 210. The molecule has 0 N–H and O–H groups in total. The quantitative estimate of drug-likeness (QED) is 0.253. The third-order valence-corrected chi connectivity index (χ3v) is 5.30. The average molecular weight is 283 g/mol. The Morgan fingerprint density at radius 2 is 1.45 bits per heavy atom. The molecule has 0 spiro atoms. The number of hydrogen-bond acceptors (Lipinski definition) is 1. The summed E-state index contributed by atoms with van der Waals surface area (Å²) in [7, 11) is 0. The maximum Gasteiger partial charge on any atom is 0.0906 e. The van der Waals surface area contributed by atoms with Gasteiger partial charge >= 0.3 is 0 Å². The topological polar surface area (TPSA) is 9.23 Å². The molecule has 1 nitrogen and oxygen atoms in total. The molecular formula is C19H38O. The van der Waals surface area contributed by atoms with E-state index in [4.69, 9.17) is 4.74 Å². The van der Waals surface area contributed by atoms with E-state index in [-0.39, 0.29) is 0 Å². The van der Waals surface area contributed by atoms with Crippen LogP contribution >= 0.6 is 0 Å². The number of hydrogen-bond donors (Lipinski definition) is 0. The Kier molecular flexibility index (Phi) is 12.0. The smallest absolute Gasteiger partial charge is 0.0906 e. The van der Waals surface area contributed by atoms with Crippen LogP contribution in [-0.4, -0.2) is 6.61 Å². The van der Waals surface area contributed by atoms with Gasteiger partial charge in [-0.3, -0.25) is 0 Å². The van der Waals surface area contributed by atoms with Crippen molar-refractivity contribution in [3.63, 3.8) is 0 Å². The summed E-state index contributed by atoms with van der Waals surface area (Å²) in [4.78, 5) is 0. The Morgan fingerprint density at radius 3 is 1.95 bits per heavy atom. The molecule has 0 heterocycles. The second-order valence-corrected chi connectivity index (χ2v) is 6.18. The molecule has 0 aliphatic carbocycles. The van der Waals surface area contributed by atoms with Crippen LogP contribution in [0.3, 0.4) is 0 Å².